The van der Waals surface area contributed by atoms with Gasteiger partial charge in [-0.1, -0.05) is 51.8 Å². The van der Waals surface area contributed by atoms with Crippen molar-refractivity contribution in [3.8, 4) is 0 Å². The van der Waals surface area contributed by atoms with Crippen molar-refractivity contribution in [1.29, 1.82) is 0 Å². The Hall–Kier alpha value is -1.58. The van der Waals surface area contributed by atoms with Gasteiger partial charge in [0.2, 0.25) is 5.91 Å². The number of anilines is 1. The minimum Gasteiger partial charge on any atom is -0.321 e. The van der Waals surface area contributed by atoms with Crippen LogP contribution in [0.25, 0.3) is 6.08 Å². The molecule has 2 nitrogen and oxygen atoms in total. The third-order valence-corrected chi connectivity index (χ3v) is 4.02. The summed E-state index contributed by atoms with van der Waals surface area (Å²) in [7, 11) is 0. The lowest BCUT2D eigenvalue weighted by atomic mass is 10.1. The largest absolute Gasteiger partial charge is 0.321 e. The van der Waals surface area contributed by atoms with Gasteiger partial charge in [0.05, 0.1) is 10.7 Å². The number of hydrogen-bond acceptors (Lipinski definition) is 1. The molecule has 0 aliphatic rings. The molecular formula is C17H15BrClNO. The van der Waals surface area contributed by atoms with E-state index in [0.717, 1.165) is 21.2 Å². The van der Waals surface area contributed by atoms with Gasteiger partial charge in [-0.3, -0.25) is 4.79 Å². The van der Waals surface area contributed by atoms with Crippen LogP contribution in [0, 0.1) is 13.8 Å². The van der Waals surface area contributed by atoms with Crippen LogP contribution in [0.2, 0.25) is 5.02 Å². The van der Waals surface area contributed by atoms with Gasteiger partial charge in [0.15, 0.2) is 0 Å². The maximum absolute atomic E-state index is 12.0. The number of carbonyl (C=O) groups is 1. The Labute approximate surface area is 138 Å². The normalized spacial score (nSPS) is 10.9. The molecule has 0 bridgehead atoms. The first-order valence-electron chi connectivity index (χ1n) is 6.47. The van der Waals surface area contributed by atoms with Crippen LogP contribution < -0.4 is 5.32 Å². The lowest BCUT2D eigenvalue weighted by Gasteiger charge is -2.10. The lowest BCUT2D eigenvalue weighted by Crippen LogP contribution is -2.09. The van der Waals surface area contributed by atoms with Crippen molar-refractivity contribution in [2.75, 3.05) is 5.32 Å². The maximum Gasteiger partial charge on any atom is 0.248 e. The first kappa shape index (κ1) is 15.8. The molecule has 1 N–H and O–H groups in total. The zero-order chi connectivity index (χ0) is 15.4. The van der Waals surface area contributed by atoms with Crippen molar-refractivity contribution in [3.05, 3.63) is 68.7 Å². The van der Waals surface area contributed by atoms with E-state index in [1.165, 1.54) is 6.08 Å². The summed E-state index contributed by atoms with van der Waals surface area (Å²) in [5.74, 6) is -0.209. The highest BCUT2D eigenvalue weighted by atomic mass is 79.9. The predicted octanol–water partition coefficient (Wildman–Crippen LogP) is 5.37. The number of rotatable bonds is 3. The maximum atomic E-state index is 12.0. The molecule has 0 spiro atoms. The standard InChI is InChI=1S/C17H15BrClNO/c1-11-9-12(2)17(15(19)10-11)20-16(21)8-7-13-5-3-4-6-14(13)18/h3-10H,1-2H3,(H,20,21)/b8-7+. The number of nitrogens with one attached hydrogen (secondary N) is 1. The highest BCUT2D eigenvalue weighted by Gasteiger charge is 2.07. The zero-order valence-corrected chi connectivity index (χ0v) is 14.1. The van der Waals surface area contributed by atoms with Crippen LogP contribution in [0.4, 0.5) is 5.69 Å². The smallest absolute Gasteiger partial charge is 0.248 e. The Kier molecular flexibility index (Phi) is 5.21. The van der Waals surface area contributed by atoms with Gasteiger partial charge in [-0.2, -0.15) is 0 Å². The zero-order valence-electron chi connectivity index (χ0n) is 11.8. The van der Waals surface area contributed by atoms with E-state index in [1.54, 1.807) is 6.08 Å². The highest BCUT2D eigenvalue weighted by Crippen LogP contribution is 2.27. The van der Waals surface area contributed by atoms with E-state index in [2.05, 4.69) is 21.2 Å². The van der Waals surface area contributed by atoms with Crippen LogP contribution in [0.5, 0.6) is 0 Å². The molecule has 0 radical (unpaired) electrons. The Morgan fingerprint density at radius 2 is 1.95 bits per heavy atom. The molecule has 0 saturated carbocycles. The average molecular weight is 365 g/mol. The quantitative estimate of drug-likeness (QED) is 0.729. The molecule has 108 valence electrons. The first-order valence-corrected chi connectivity index (χ1v) is 7.65. The van der Waals surface area contributed by atoms with Gasteiger partial charge in [0, 0.05) is 10.5 Å². The van der Waals surface area contributed by atoms with E-state index in [0.29, 0.717) is 10.7 Å². The van der Waals surface area contributed by atoms with Gasteiger partial charge in [0.25, 0.3) is 0 Å². The molecule has 0 atom stereocenters. The molecule has 0 aromatic heterocycles. The number of amides is 1. The van der Waals surface area contributed by atoms with E-state index in [-0.39, 0.29) is 5.91 Å². The molecule has 21 heavy (non-hydrogen) atoms. The summed E-state index contributed by atoms with van der Waals surface area (Å²) in [5, 5.41) is 3.37. The van der Waals surface area contributed by atoms with Crippen molar-refractivity contribution in [1.82, 2.24) is 0 Å². The molecule has 0 unspecified atom stereocenters. The number of benzene rings is 2. The van der Waals surface area contributed by atoms with Crippen molar-refractivity contribution < 1.29 is 4.79 Å². The van der Waals surface area contributed by atoms with E-state index in [9.17, 15) is 4.79 Å². The van der Waals surface area contributed by atoms with E-state index in [1.807, 2.05) is 50.2 Å². The Bertz CT molecular complexity index is 687. The summed E-state index contributed by atoms with van der Waals surface area (Å²) in [6, 6.07) is 11.5. The molecule has 0 fully saturated rings. The van der Waals surface area contributed by atoms with Gasteiger partial charge in [-0.25, -0.2) is 0 Å². The summed E-state index contributed by atoms with van der Waals surface area (Å²) >= 11 is 9.62. The summed E-state index contributed by atoms with van der Waals surface area (Å²) in [4.78, 5) is 12.0. The Morgan fingerprint density at radius 3 is 2.62 bits per heavy atom. The molecule has 0 heterocycles. The Balaban J connectivity index is 2.15. The molecular weight excluding hydrogens is 350 g/mol. The molecule has 2 aromatic rings. The van der Waals surface area contributed by atoms with E-state index < -0.39 is 0 Å². The molecule has 0 aliphatic carbocycles. The van der Waals surface area contributed by atoms with Gasteiger partial charge in [-0.05, 0) is 48.7 Å². The molecule has 2 rings (SSSR count). The number of aryl methyl sites for hydroxylation is 2. The lowest BCUT2D eigenvalue weighted by molar-refractivity contribution is -0.111. The fourth-order valence-corrected chi connectivity index (χ4v) is 2.80. The highest BCUT2D eigenvalue weighted by molar-refractivity contribution is 9.10. The van der Waals surface area contributed by atoms with Crippen molar-refractivity contribution >= 4 is 45.2 Å². The second kappa shape index (κ2) is 6.92. The number of halogens is 2. The van der Waals surface area contributed by atoms with Crippen molar-refractivity contribution in [2.45, 2.75) is 13.8 Å². The van der Waals surface area contributed by atoms with Gasteiger partial charge in [-0.15, -0.1) is 0 Å². The Morgan fingerprint density at radius 1 is 1.24 bits per heavy atom. The third-order valence-electron chi connectivity index (χ3n) is 3.00. The predicted molar refractivity (Wildman–Crippen MR) is 92.7 cm³/mol. The van der Waals surface area contributed by atoms with E-state index in [4.69, 9.17) is 11.6 Å². The topological polar surface area (TPSA) is 29.1 Å². The molecule has 0 saturated heterocycles. The van der Waals surface area contributed by atoms with Crippen molar-refractivity contribution in [3.63, 3.8) is 0 Å². The van der Waals surface area contributed by atoms with Crippen LogP contribution in [0.3, 0.4) is 0 Å². The van der Waals surface area contributed by atoms with Crippen LogP contribution in [-0.4, -0.2) is 5.91 Å². The van der Waals surface area contributed by atoms with Gasteiger partial charge < -0.3 is 5.32 Å². The summed E-state index contributed by atoms with van der Waals surface area (Å²) in [6.45, 7) is 3.89. The number of carbonyl (C=O) groups excluding carboxylic acids is 1. The molecule has 2 aromatic carbocycles. The summed E-state index contributed by atoms with van der Waals surface area (Å²) < 4.78 is 0.943. The molecule has 4 heteroatoms. The average Bonchev–Trinajstić information content (AvgIpc) is 2.42. The van der Waals surface area contributed by atoms with Gasteiger partial charge in [0.1, 0.15) is 0 Å². The fourth-order valence-electron chi connectivity index (χ4n) is 2.01. The van der Waals surface area contributed by atoms with Crippen LogP contribution >= 0.6 is 27.5 Å². The first-order chi connectivity index (χ1) is 9.97. The van der Waals surface area contributed by atoms with Crippen LogP contribution in [0.15, 0.2) is 46.9 Å². The second-order valence-corrected chi connectivity index (χ2v) is 6.04. The fraction of sp³-hybridized carbons (Fsp3) is 0.118. The minimum atomic E-state index is -0.209. The van der Waals surface area contributed by atoms with Gasteiger partial charge >= 0.3 is 0 Å². The third kappa shape index (κ3) is 4.19. The summed E-state index contributed by atoms with van der Waals surface area (Å²) in [5.41, 5.74) is 3.62. The van der Waals surface area contributed by atoms with Crippen molar-refractivity contribution in [2.24, 2.45) is 0 Å². The number of hydrogen-bond donors (Lipinski definition) is 1. The summed E-state index contributed by atoms with van der Waals surface area (Å²) in [6.07, 6.45) is 3.26. The van der Waals surface area contributed by atoms with E-state index >= 15 is 0 Å². The molecule has 0 aliphatic heterocycles. The monoisotopic (exact) mass is 363 g/mol. The van der Waals surface area contributed by atoms with Crippen LogP contribution in [0.1, 0.15) is 16.7 Å². The SMILES string of the molecule is Cc1cc(C)c(NC(=O)/C=C/c2ccccc2Br)c(Cl)c1. The molecule has 1 amide bonds. The minimum absolute atomic E-state index is 0.209. The second-order valence-electron chi connectivity index (χ2n) is 4.78. The van der Waals surface area contributed by atoms with Crippen LogP contribution in [-0.2, 0) is 4.79 Å².